The van der Waals surface area contributed by atoms with Gasteiger partial charge in [-0.3, -0.25) is 0 Å². The summed E-state index contributed by atoms with van der Waals surface area (Å²) in [6.45, 7) is 2.84. The molecule has 1 saturated carbocycles. The van der Waals surface area contributed by atoms with Gasteiger partial charge in [0.1, 0.15) is 5.82 Å². The number of rotatable bonds is 6. The van der Waals surface area contributed by atoms with Crippen molar-refractivity contribution in [3.8, 4) is 5.88 Å². The van der Waals surface area contributed by atoms with Gasteiger partial charge in [0, 0.05) is 0 Å². The zero-order valence-electron chi connectivity index (χ0n) is 11.5. The Morgan fingerprint density at radius 3 is 3.00 bits per heavy atom. The summed E-state index contributed by atoms with van der Waals surface area (Å²) in [4.78, 5) is 4.47. The van der Waals surface area contributed by atoms with Crippen LogP contribution in [0, 0.1) is 5.92 Å². The summed E-state index contributed by atoms with van der Waals surface area (Å²) in [5.74, 6) is 2.03. The van der Waals surface area contributed by atoms with E-state index in [9.17, 15) is 0 Å². The first-order valence-electron chi connectivity index (χ1n) is 6.90. The van der Waals surface area contributed by atoms with Gasteiger partial charge in [0.05, 0.1) is 18.3 Å². The number of hydrogen-bond acceptors (Lipinski definition) is 5. The Kier molecular flexibility index (Phi) is 3.78. The third-order valence-corrected chi connectivity index (χ3v) is 4.15. The highest BCUT2D eigenvalue weighted by Gasteiger charge is 2.22. The van der Waals surface area contributed by atoms with Crippen LogP contribution in [0.4, 0.5) is 11.5 Å². The maximum Gasteiger partial charge on any atom is 0.239 e. The Morgan fingerprint density at radius 1 is 1.45 bits per heavy atom. The molecule has 0 bridgehead atoms. The molecule has 2 aromatic rings. The molecule has 1 unspecified atom stereocenters. The first-order valence-corrected chi connectivity index (χ1v) is 7.84. The lowest BCUT2D eigenvalue weighted by atomic mass is 10.2. The van der Waals surface area contributed by atoms with Crippen LogP contribution in [-0.4, -0.2) is 11.6 Å². The molecule has 3 rings (SSSR count). The van der Waals surface area contributed by atoms with E-state index in [1.54, 1.807) is 11.3 Å². The molecule has 3 N–H and O–H groups in total. The smallest absolute Gasteiger partial charge is 0.239 e. The van der Waals surface area contributed by atoms with E-state index in [4.69, 9.17) is 10.5 Å². The van der Waals surface area contributed by atoms with Crippen molar-refractivity contribution in [2.24, 2.45) is 5.92 Å². The Morgan fingerprint density at radius 2 is 2.30 bits per heavy atom. The van der Waals surface area contributed by atoms with Gasteiger partial charge in [-0.05, 0) is 60.2 Å². The predicted octanol–water partition coefficient (Wildman–Crippen LogP) is 3.69. The summed E-state index contributed by atoms with van der Waals surface area (Å²) in [6, 6.07) is 6.07. The quantitative estimate of drug-likeness (QED) is 0.851. The summed E-state index contributed by atoms with van der Waals surface area (Å²) in [5, 5.41) is 7.59. The van der Waals surface area contributed by atoms with Gasteiger partial charge in [-0.2, -0.15) is 16.3 Å². The monoisotopic (exact) mass is 289 g/mol. The SMILES string of the molecule is CC(Nc1ccc(N)c(OCC2CC2)n1)c1ccsc1. The van der Waals surface area contributed by atoms with Crippen molar-refractivity contribution in [1.82, 2.24) is 4.98 Å². The average Bonchev–Trinajstić information content (AvgIpc) is 3.10. The molecule has 2 heterocycles. The first kappa shape index (κ1) is 13.2. The molecule has 0 amide bonds. The fraction of sp³-hybridized carbons (Fsp3) is 0.400. The van der Waals surface area contributed by atoms with Crippen molar-refractivity contribution in [3.63, 3.8) is 0 Å². The number of ether oxygens (including phenoxy) is 1. The molecule has 0 saturated heterocycles. The number of pyridine rings is 1. The van der Waals surface area contributed by atoms with E-state index in [0.29, 0.717) is 17.5 Å². The van der Waals surface area contributed by atoms with E-state index in [0.717, 1.165) is 12.4 Å². The van der Waals surface area contributed by atoms with Gasteiger partial charge in [-0.25, -0.2) is 0 Å². The van der Waals surface area contributed by atoms with E-state index in [1.165, 1.54) is 18.4 Å². The maximum absolute atomic E-state index is 5.91. The molecule has 1 atom stereocenters. The van der Waals surface area contributed by atoms with Crippen LogP contribution in [0.2, 0.25) is 0 Å². The lowest BCUT2D eigenvalue weighted by Gasteiger charge is -2.15. The van der Waals surface area contributed by atoms with Gasteiger partial charge in [0.15, 0.2) is 0 Å². The molecule has 106 valence electrons. The van der Waals surface area contributed by atoms with Crippen LogP contribution in [0.15, 0.2) is 29.0 Å². The summed E-state index contributed by atoms with van der Waals surface area (Å²) in [5.41, 5.74) is 7.76. The van der Waals surface area contributed by atoms with Crippen LogP contribution in [0.25, 0.3) is 0 Å². The van der Waals surface area contributed by atoms with Crippen molar-refractivity contribution < 1.29 is 4.74 Å². The first-order chi connectivity index (χ1) is 9.72. The van der Waals surface area contributed by atoms with E-state index in [-0.39, 0.29) is 6.04 Å². The number of nitrogen functional groups attached to an aromatic ring is 1. The third-order valence-electron chi connectivity index (χ3n) is 3.45. The number of aromatic nitrogens is 1. The number of nitrogens with two attached hydrogens (primary N) is 1. The third kappa shape index (κ3) is 3.22. The number of anilines is 2. The Labute approximate surface area is 123 Å². The highest BCUT2D eigenvalue weighted by atomic mass is 32.1. The zero-order valence-corrected chi connectivity index (χ0v) is 12.3. The van der Waals surface area contributed by atoms with Gasteiger partial charge in [-0.1, -0.05) is 0 Å². The van der Waals surface area contributed by atoms with Gasteiger partial charge < -0.3 is 15.8 Å². The van der Waals surface area contributed by atoms with Crippen molar-refractivity contribution in [2.45, 2.75) is 25.8 Å². The molecule has 1 aliphatic carbocycles. The fourth-order valence-corrected chi connectivity index (χ4v) is 2.71. The number of nitrogens with zero attached hydrogens (tertiary/aromatic N) is 1. The fourth-order valence-electron chi connectivity index (χ4n) is 1.96. The summed E-state index contributed by atoms with van der Waals surface area (Å²) in [6.07, 6.45) is 2.51. The van der Waals surface area contributed by atoms with Crippen molar-refractivity contribution in [2.75, 3.05) is 17.7 Å². The second kappa shape index (κ2) is 5.71. The minimum Gasteiger partial charge on any atom is -0.476 e. The van der Waals surface area contributed by atoms with Crippen LogP contribution < -0.4 is 15.8 Å². The molecule has 1 fully saturated rings. The molecule has 0 radical (unpaired) electrons. The van der Waals surface area contributed by atoms with Gasteiger partial charge in [-0.15, -0.1) is 0 Å². The number of hydrogen-bond donors (Lipinski definition) is 2. The van der Waals surface area contributed by atoms with Crippen LogP contribution in [0.5, 0.6) is 5.88 Å². The second-order valence-electron chi connectivity index (χ2n) is 5.27. The molecule has 0 spiro atoms. The van der Waals surface area contributed by atoms with E-state index >= 15 is 0 Å². The van der Waals surface area contributed by atoms with Gasteiger partial charge in [0.25, 0.3) is 0 Å². The molecule has 20 heavy (non-hydrogen) atoms. The van der Waals surface area contributed by atoms with Crippen molar-refractivity contribution in [1.29, 1.82) is 0 Å². The minimum absolute atomic E-state index is 0.216. The second-order valence-corrected chi connectivity index (χ2v) is 6.05. The predicted molar refractivity (Wildman–Crippen MR) is 83.2 cm³/mol. The van der Waals surface area contributed by atoms with E-state index in [1.807, 2.05) is 12.1 Å². The highest BCUT2D eigenvalue weighted by Crippen LogP contribution is 2.31. The standard InChI is InChI=1S/C15H19N3OS/c1-10(12-6-7-20-9-12)17-14-5-4-13(16)15(18-14)19-8-11-2-3-11/h4-7,9-11H,2-3,8,16H2,1H3,(H,17,18). The van der Waals surface area contributed by atoms with E-state index in [2.05, 4.69) is 34.1 Å². The lowest BCUT2D eigenvalue weighted by Crippen LogP contribution is -2.09. The van der Waals surface area contributed by atoms with Gasteiger partial charge >= 0.3 is 0 Å². The van der Waals surface area contributed by atoms with Crippen molar-refractivity contribution >= 4 is 22.8 Å². The van der Waals surface area contributed by atoms with Crippen LogP contribution >= 0.6 is 11.3 Å². The minimum atomic E-state index is 0.216. The van der Waals surface area contributed by atoms with Crippen molar-refractivity contribution in [3.05, 3.63) is 34.5 Å². The molecular weight excluding hydrogens is 270 g/mol. The van der Waals surface area contributed by atoms with Crippen LogP contribution in [-0.2, 0) is 0 Å². The highest BCUT2D eigenvalue weighted by molar-refractivity contribution is 7.07. The summed E-state index contributed by atoms with van der Waals surface area (Å²) >= 11 is 1.70. The molecule has 1 aliphatic rings. The topological polar surface area (TPSA) is 60.2 Å². The molecule has 5 heteroatoms. The Bertz CT molecular complexity index is 567. The zero-order chi connectivity index (χ0) is 13.9. The Hall–Kier alpha value is -1.75. The van der Waals surface area contributed by atoms with Crippen LogP contribution in [0.3, 0.4) is 0 Å². The molecule has 0 aliphatic heterocycles. The summed E-state index contributed by atoms with van der Waals surface area (Å²) in [7, 11) is 0. The normalized spacial score (nSPS) is 15.8. The largest absolute Gasteiger partial charge is 0.476 e. The Balaban J connectivity index is 1.67. The lowest BCUT2D eigenvalue weighted by molar-refractivity contribution is 0.290. The summed E-state index contributed by atoms with van der Waals surface area (Å²) < 4.78 is 5.70. The number of nitrogens with one attached hydrogen (secondary N) is 1. The van der Waals surface area contributed by atoms with E-state index < -0.39 is 0 Å². The molecular formula is C15H19N3OS. The molecule has 0 aromatic carbocycles. The maximum atomic E-state index is 5.91. The molecule has 4 nitrogen and oxygen atoms in total. The average molecular weight is 289 g/mol. The van der Waals surface area contributed by atoms with Gasteiger partial charge in [0.2, 0.25) is 5.88 Å². The van der Waals surface area contributed by atoms with Crippen LogP contribution in [0.1, 0.15) is 31.4 Å². The molecule has 2 aromatic heterocycles. The number of thiophene rings is 1.